The van der Waals surface area contributed by atoms with Crippen molar-refractivity contribution in [2.24, 2.45) is 0 Å². The fourth-order valence-electron chi connectivity index (χ4n) is 2.22. The summed E-state index contributed by atoms with van der Waals surface area (Å²) in [4.78, 5) is 35.7. The number of carbonyl (C=O) groups excluding carboxylic acids is 2. The molecule has 0 aliphatic carbocycles. The molecule has 2 rings (SSSR count). The Bertz CT molecular complexity index is 639. The Morgan fingerprint density at radius 3 is 2.64 bits per heavy atom. The van der Waals surface area contributed by atoms with E-state index in [0.29, 0.717) is 17.1 Å². The number of likely N-dealkylation sites (N-methyl/N-ethyl adjacent to an activating group) is 1. The van der Waals surface area contributed by atoms with E-state index in [-0.39, 0.29) is 18.7 Å². The van der Waals surface area contributed by atoms with Crippen LogP contribution in [0.4, 0.5) is 11.4 Å². The number of nitrogens with zero attached hydrogens (tertiary/aromatic N) is 1. The number of benzene rings is 1. The first kappa shape index (κ1) is 15.8. The summed E-state index contributed by atoms with van der Waals surface area (Å²) in [6.07, 6.45) is -0.336. The quantitative estimate of drug-likeness (QED) is 0.881. The molecule has 22 heavy (non-hydrogen) atoms. The van der Waals surface area contributed by atoms with Crippen molar-refractivity contribution < 1.29 is 24.2 Å². The molecule has 1 aromatic carbocycles. The molecule has 7 heteroatoms. The van der Waals surface area contributed by atoms with E-state index in [1.165, 1.54) is 4.90 Å². The number of rotatable bonds is 4. The van der Waals surface area contributed by atoms with Crippen LogP contribution in [-0.2, 0) is 14.4 Å². The molecule has 1 aliphatic heterocycles. The summed E-state index contributed by atoms with van der Waals surface area (Å²) in [5, 5.41) is 11.2. The maximum Gasteiger partial charge on any atom is 0.303 e. The fourth-order valence-corrected chi connectivity index (χ4v) is 2.22. The van der Waals surface area contributed by atoms with Crippen LogP contribution < -0.4 is 15.0 Å². The zero-order valence-corrected chi connectivity index (χ0v) is 12.7. The Hall–Kier alpha value is -2.57. The van der Waals surface area contributed by atoms with Gasteiger partial charge in [0.25, 0.3) is 5.91 Å². The fraction of sp³-hybridized carbons (Fsp3) is 0.400. The Morgan fingerprint density at radius 1 is 1.32 bits per heavy atom. The highest BCUT2D eigenvalue weighted by molar-refractivity contribution is 6.03. The van der Waals surface area contributed by atoms with Crippen molar-refractivity contribution in [1.82, 2.24) is 0 Å². The minimum atomic E-state index is -1.03. The molecule has 0 aromatic heterocycles. The molecule has 1 heterocycles. The molecule has 0 atom stereocenters. The zero-order valence-electron chi connectivity index (χ0n) is 12.7. The maximum atomic E-state index is 12.2. The topological polar surface area (TPSA) is 95.9 Å². The van der Waals surface area contributed by atoms with Crippen molar-refractivity contribution >= 4 is 29.2 Å². The average Bonchev–Trinajstić information content (AvgIpc) is 2.43. The lowest BCUT2D eigenvalue weighted by molar-refractivity contribution is -0.138. The summed E-state index contributed by atoms with van der Waals surface area (Å²) in [6, 6.07) is 4.95. The highest BCUT2D eigenvalue weighted by Gasteiger charge is 2.39. The number of nitrogens with one attached hydrogen (secondary N) is 1. The van der Waals surface area contributed by atoms with Gasteiger partial charge < -0.3 is 20.1 Å². The number of fused-ring (bicyclic) bond motifs is 1. The van der Waals surface area contributed by atoms with E-state index < -0.39 is 17.5 Å². The van der Waals surface area contributed by atoms with E-state index >= 15 is 0 Å². The van der Waals surface area contributed by atoms with Gasteiger partial charge in [-0.15, -0.1) is 0 Å². The van der Waals surface area contributed by atoms with Crippen LogP contribution in [0.2, 0.25) is 0 Å². The van der Waals surface area contributed by atoms with Gasteiger partial charge in [0.2, 0.25) is 5.91 Å². The number of ether oxygens (including phenoxy) is 1. The summed E-state index contributed by atoms with van der Waals surface area (Å²) < 4.78 is 5.66. The minimum Gasteiger partial charge on any atom is -0.481 e. The van der Waals surface area contributed by atoms with Gasteiger partial charge in [0, 0.05) is 19.2 Å². The number of hydrogen-bond acceptors (Lipinski definition) is 4. The van der Waals surface area contributed by atoms with Crippen molar-refractivity contribution in [3.63, 3.8) is 0 Å². The van der Waals surface area contributed by atoms with Crippen molar-refractivity contribution in [2.45, 2.75) is 32.3 Å². The van der Waals surface area contributed by atoms with Crippen molar-refractivity contribution in [3.05, 3.63) is 18.2 Å². The molecule has 0 spiro atoms. The Labute approximate surface area is 127 Å². The van der Waals surface area contributed by atoms with Gasteiger partial charge in [-0.3, -0.25) is 14.4 Å². The van der Waals surface area contributed by atoms with Crippen LogP contribution in [0, 0.1) is 0 Å². The van der Waals surface area contributed by atoms with Crippen molar-refractivity contribution in [1.29, 1.82) is 0 Å². The Kier molecular flexibility index (Phi) is 4.07. The van der Waals surface area contributed by atoms with Gasteiger partial charge in [-0.1, -0.05) is 0 Å². The first-order valence-electron chi connectivity index (χ1n) is 6.83. The molecule has 0 fully saturated rings. The van der Waals surface area contributed by atoms with Crippen LogP contribution in [0.3, 0.4) is 0 Å². The standard InChI is InChI=1S/C15H18N2O5/c1-15(2)14(21)17(3)10-8-9(4-5-11(10)22-15)16-12(18)6-7-13(19)20/h4-5,8H,6-7H2,1-3H3,(H,16,18)(H,19,20). The summed E-state index contributed by atoms with van der Waals surface area (Å²) in [5.74, 6) is -1.06. The third kappa shape index (κ3) is 3.19. The molecule has 0 saturated carbocycles. The number of carbonyl (C=O) groups is 3. The van der Waals surface area contributed by atoms with E-state index in [1.54, 1.807) is 39.1 Å². The number of amides is 2. The van der Waals surface area contributed by atoms with E-state index in [4.69, 9.17) is 9.84 Å². The molecule has 0 unspecified atom stereocenters. The van der Waals surface area contributed by atoms with Crippen LogP contribution >= 0.6 is 0 Å². The molecule has 0 radical (unpaired) electrons. The molecule has 1 aliphatic rings. The van der Waals surface area contributed by atoms with E-state index in [0.717, 1.165) is 0 Å². The number of carboxylic acid groups (broad SMARTS) is 1. The zero-order chi connectivity index (χ0) is 16.5. The molecule has 2 N–H and O–H groups in total. The van der Waals surface area contributed by atoms with Crippen molar-refractivity contribution in [2.75, 3.05) is 17.3 Å². The highest BCUT2D eigenvalue weighted by Crippen LogP contribution is 2.38. The monoisotopic (exact) mass is 306 g/mol. The molecular formula is C15H18N2O5. The van der Waals surface area contributed by atoms with Gasteiger partial charge in [0.15, 0.2) is 5.60 Å². The molecule has 0 saturated heterocycles. The number of hydrogen-bond donors (Lipinski definition) is 2. The summed E-state index contributed by atoms with van der Waals surface area (Å²) in [7, 11) is 1.64. The maximum absolute atomic E-state index is 12.2. The second kappa shape index (κ2) is 5.67. The Morgan fingerprint density at radius 2 is 2.00 bits per heavy atom. The lowest BCUT2D eigenvalue weighted by Crippen LogP contribution is -2.50. The minimum absolute atomic E-state index is 0.106. The first-order chi connectivity index (χ1) is 10.2. The van der Waals surface area contributed by atoms with Gasteiger partial charge in [-0.05, 0) is 32.0 Å². The first-order valence-corrected chi connectivity index (χ1v) is 6.83. The summed E-state index contributed by atoms with van der Waals surface area (Å²) in [6.45, 7) is 3.38. The van der Waals surface area contributed by atoms with E-state index in [9.17, 15) is 14.4 Å². The largest absolute Gasteiger partial charge is 0.481 e. The second-order valence-corrected chi connectivity index (χ2v) is 5.60. The van der Waals surface area contributed by atoms with Crippen LogP contribution in [0.5, 0.6) is 5.75 Å². The van der Waals surface area contributed by atoms with Crippen LogP contribution in [0.25, 0.3) is 0 Å². The van der Waals surface area contributed by atoms with Crippen molar-refractivity contribution in [3.8, 4) is 5.75 Å². The summed E-state index contributed by atoms with van der Waals surface area (Å²) in [5.41, 5.74) is 0.103. The van der Waals surface area contributed by atoms with E-state index in [2.05, 4.69) is 5.32 Å². The summed E-state index contributed by atoms with van der Waals surface area (Å²) >= 11 is 0. The van der Waals surface area contributed by atoms with Gasteiger partial charge in [-0.2, -0.15) is 0 Å². The van der Waals surface area contributed by atoms with Gasteiger partial charge in [0.1, 0.15) is 5.75 Å². The average molecular weight is 306 g/mol. The number of aliphatic carboxylic acids is 1. The molecule has 7 nitrogen and oxygen atoms in total. The molecule has 2 amide bonds. The van der Waals surface area contributed by atoms with E-state index in [1.807, 2.05) is 0 Å². The number of anilines is 2. The van der Waals surface area contributed by atoms with Crippen LogP contribution in [0.15, 0.2) is 18.2 Å². The predicted octanol–water partition coefficient (Wildman–Crippen LogP) is 1.62. The second-order valence-electron chi connectivity index (χ2n) is 5.60. The Balaban J connectivity index is 2.17. The van der Waals surface area contributed by atoms with Gasteiger partial charge >= 0.3 is 5.97 Å². The van der Waals surface area contributed by atoms with Crippen LogP contribution in [-0.4, -0.2) is 35.5 Å². The molecular weight excluding hydrogens is 288 g/mol. The van der Waals surface area contributed by atoms with Crippen LogP contribution in [0.1, 0.15) is 26.7 Å². The smallest absolute Gasteiger partial charge is 0.303 e. The molecule has 118 valence electrons. The highest BCUT2D eigenvalue weighted by atomic mass is 16.5. The van der Waals surface area contributed by atoms with Gasteiger partial charge in [-0.25, -0.2) is 0 Å². The number of carboxylic acids is 1. The lowest BCUT2D eigenvalue weighted by atomic mass is 10.0. The predicted molar refractivity (Wildman–Crippen MR) is 80.1 cm³/mol. The third-order valence-electron chi connectivity index (χ3n) is 3.35. The normalized spacial score (nSPS) is 15.8. The lowest BCUT2D eigenvalue weighted by Gasteiger charge is -2.37. The third-order valence-corrected chi connectivity index (χ3v) is 3.35. The SMILES string of the molecule is CN1C(=O)C(C)(C)Oc2ccc(NC(=O)CCC(=O)O)cc21. The molecule has 0 bridgehead atoms. The molecule has 1 aromatic rings. The van der Waals surface area contributed by atoms with Gasteiger partial charge in [0.05, 0.1) is 12.1 Å².